The fraction of sp³-hybridized carbons (Fsp3) is 0.400. The van der Waals surface area contributed by atoms with E-state index in [1.807, 2.05) is 19.9 Å². The number of aliphatic hydroxyl groups excluding tert-OH is 1. The van der Waals surface area contributed by atoms with Crippen LogP contribution in [0.3, 0.4) is 0 Å². The van der Waals surface area contributed by atoms with Crippen LogP contribution in [-0.2, 0) is 15.6 Å². The van der Waals surface area contributed by atoms with Crippen molar-refractivity contribution in [1.82, 2.24) is 4.98 Å². The summed E-state index contributed by atoms with van der Waals surface area (Å²) in [6.07, 6.45) is 1.75. The highest BCUT2D eigenvalue weighted by molar-refractivity contribution is 6.02. The Labute approximate surface area is 189 Å². The number of carbonyl (C=O) groups excluding carboxylic acids is 1. The van der Waals surface area contributed by atoms with Crippen molar-refractivity contribution in [2.75, 3.05) is 11.9 Å². The predicted molar refractivity (Wildman–Crippen MR) is 120 cm³/mol. The molecule has 0 bridgehead atoms. The number of aliphatic hydroxyl groups is 1. The van der Waals surface area contributed by atoms with E-state index in [0.29, 0.717) is 30.3 Å². The lowest BCUT2D eigenvalue weighted by Gasteiger charge is -2.21. The van der Waals surface area contributed by atoms with Crippen molar-refractivity contribution >= 4 is 22.5 Å². The maximum absolute atomic E-state index is 14.9. The summed E-state index contributed by atoms with van der Waals surface area (Å²) >= 11 is 0. The molecule has 0 saturated heterocycles. The first-order valence-corrected chi connectivity index (χ1v) is 11.0. The largest absolute Gasteiger partial charge is 0.423 e. The van der Waals surface area contributed by atoms with Gasteiger partial charge in [0.25, 0.3) is 0 Å². The molecular formula is C25H26F2N2O4. The van der Waals surface area contributed by atoms with Gasteiger partial charge in [0, 0.05) is 41.6 Å². The molecule has 1 aliphatic carbocycles. The van der Waals surface area contributed by atoms with E-state index in [9.17, 15) is 18.7 Å². The van der Waals surface area contributed by atoms with Crippen LogP contribution < -0.4 is 14.8 Å². The minimum atomic E-state index is -2.24. The summed E-state index contributed by atoms with van der Waals surface area (Å²) in [5.74, 6) is -0.337. The number of ether oxygens (including phenoxy) is 2. The molecule has 0 spiro atoms. The Morgan fingerprint density at radius 1 is 1.18 bits per heavy atom. The molecule has 174 valence electrons. The van der Waals surface area contributed by atoms with Crippen LogP contribution in [0.15, 0.2) is 36.4 Å². The summed E-state index contributed by atoms with van der Waals surface area (Å²) in [5.41, 5.74) is 1.16. The molecule has 2 aromatic carbocycles. The number of hydrogen-bond acceptors (Lipinski definition) is 4. The first-order chi connectivity index (χ1) is 15.5. The average molecular weight is 456 g/mol. The molecule has 1 atom stereocenters. The number of halogens is 2. The monoisotopic (exact) mass is 456 g/mol. The summed E-state index contributed by atoms with van der Waals surface area (Å²) in [6.45, 7) is 5.22. The fourth-order valence-electron chi connectivity index (χ4n) is 4.43. The Balaban J connectivity index is 1.41. The lowest BCUT2D eigenvalue weighted by molar-refractivity contribution is -0.173. The van der Waals surface area contributed by atoms with Crippen LogP contribution >= 0.6 is 0 Å². The molecule has 0 radical (unpaired) electrons. The van der Waals surface area contributed by atoms with E-state index >= 15 is 0 Å². The molecule has 5 rings (SSSR count). The molecule has 1 aliphatic heterocycles. The van der Waals surface area contributed by atoms with Gasteiger partial charge in [0.1, 0.15) is 5.82 Å². The number of nitrogens with one attached hydrogen (secondary N) is 2. The van der Waals surface area contributed by atoms with Crippen LogP contribution in [0.5, 0.6) is 11.5 Å². The molecule has 1 fully saturated rings. The Bertz CT molecular complexity index is 1260. The van der Waals surface area contributed by atoms with Crippen molar-refractivity contribution in [2.45, 2.75) is 56.9 Å². The number of carbonyl (C=O) groups is 1. The van der Waals surface area contributed by atoms with Gasteiger partial charge in [0.05, 0.1) is 11.1 Å². The summed E-state index contributed by atoms with van der Waals surface area (Å²) < 4.78 is 39.1. The van der Waals surface area contributed by atoms with E-state index in [0.717, 1.165) is 11.1 Å². The maximum Gasteiger partial charge on any atom is 0.404 e. The van der Waals surface area contributed by atoms with E-state index < -0.39 is 17.3 Å². The topological polar surface area (TPSA) is 83.6 Å². The molecule has 2 aliphatic rings. The molecule has 1 saturated carbocycles. The van der Waals surface area contributed by atoms with Crippen molar-refractivity contribution in [2.24, 2.45) is 0 Å². The van der Waals surface area contributed by atoms with Gasteiger partial charge >= 0.3 is 6.04 Å². The highest BCUT2D eigenvalue weighted by Gasteiger charge is 2.52. The van der Waals surface area contributed by atoms with Gasteiger partial charge in [-0.3, -0.25) is 4.79 Å². The third-order valence-electron chi connectivity index (χ3n) is 6.69. The van der Waals surface area contributed by atoms with Crippen LogP contribution in [0.4, 0.5) is 14.5 Å². The number of amides is 1. The van der Waals surface area contributed by atoms with Gasteiger partial charge in [-0.05, 0) is 49.1 Å². The normalized spacial score (nSPS) is 20.8. The number of anilines is 1. The zero-order valence-corrected chi connectivity index (χ0v) is 18.7. The number of H-pyrrole nitrogens is 1. The number of aromatic nitrogens is 1. The number of hydrogen-bond donors (Lipinski definition) is 3. The zero-order valence-electron chi connectivity index (χ0n) is 18.7. The lowest BCUT2D eigenvalue weighted by atomic mass is 9.86. The fourth-order valence-corrected chi connectivity index (χ4v) is 4.43. The predicted octanol–water partition coefficient (Wildman–Crippen LogP) is 5.05. The minimum absolute atomic E-state index is 0.0462. The first kappa shape index (κ1) is 21.7. The highest BCUT2D eigenvalue weighted by Crippen LogP contribution is 2.52. The van der Waals surface area contributed by atoms with E-state index in [2.05, 4.69) is 10.3 Å². The van der Waals surface area contributed by atoms with Gasteiger partial charge in [0.15, 0.2) is 11.5 Å². The maximum atomic E-state index is 14.9. The molecule has 2 heterocycles. The van der Waals surface area contributed by atoms with Crippen LogP contribution in [0.2, 0.25) is 0 Å². The van der Waals surface area contributed by atoms with E-state index in [1.54, 1.807) is 24.3 Å². The molecular weight excluding hydrogens is 430 g/mol. The van der Waals surface area contributed by atoms with Crippen molar-refractivity contribution in [3.8, 4) is 11.5 Å². The number of aromatic amines is 1. The molecule has 6 nitrogen and oxygen atoms in total. The second-order valence-electron chi connectivity index (χ2n) is 9.70. The Morgan fingerprint density at radius 3 is 2.61 bits per heavy atom. The second-order valence-corrected chi connectivity index (χ2v) is 9.70. The van der Waals surface area contributed by atoms with Gasteiger partial charge in [-0.15, -0.1) is 0 Å². The van der Waals surface area contributed by atoms with Gasteiger partial charge < -0.3 is 24.9 Å². The van der Waals surface area contributed by atoms with Crippen LogP contribution in [0, 0.1) is 5.82 Å². The first-order valence-electron chi connectivity index (χ1n) is 11.0. The van der Waals surface area contributed by atoms with Crippen molar-refractivity contribution in [1.29, 1.82) is 0 Å². The van der Waals surface area contributed by atoms with E-state index in [1.165, 1.54) is 13.0 Å². The molecule has 33 heavy (non-hydrogen) atoms. The lowest BCUT2D eigenvalue weighted by Crippen LogP contribution is -2.28. The SMILES string of the molecule is CC1(F)Oc2ccc(C3(C(=O)Nc4cc5cc(C(C)(C)CCO)[nH]c5cc4F)CC3)cc2O1. The Kier molecular flexibility index (Phi) is 4.72. The quantitative estimate of drug-likeness (QED) is 0.485. The molecule has 1 aromatic heterocycles. The van der Waals surface area contributed by atoms with Crippen LogP contribution in [-0.4, -0.2) is 28.6 Å². The molecule has 1 amide bonds. The summed E-state index contributed by atoms with van der Waals surface area (Å²) in [7, 11) is 0. The number of rotatable bonds is 6. The number of alkyl halides is 1. The molecule has 3 aromatic rings. The zero-order chi connectivity index (χ0) is 23.6. The van der Waals surface area contributed by atoms with Gasteiger partial charge in [-0.1, -0.05) is 19.9 Å². The molecule has 8 heteroatoms. The Morgan fingerprint density at radius 2 is 1.91 bits per heavy atom. The molecule has 1 unspecified atom stereocenters. The third kappa shape index (κ3) is 3.72. The standard InChI is InChI=1S/C25H26F2N2O4/c1-23(2,8-9-30)21-11-14-10-18(16(26)13-17(14)28-21)29-22(31)25(6-7-25)15-4-5-19-20(12-15)33-24(3,27)32-19/h4-5,10-13,28,30H,6-9H2,1-3H3,(H,29,31). The number of benzene rings is 2. The van der Waals surface area contributed by atoms with Crippen molar-refractivity contribution < 1.29 is 28.2 Å². The third-order valence-corrected chi connectivity index (χ3v) is 6.69. The number of fused-ring (bicyclic) bond motifs is 2. The Hall–Kier alpha value is -3.13. The summed E-state index contributed by atoms with van der Waals surface area (Å²) in [5, 5.41) is 12.8. The molecule has 3 N–H and O–H groups in total. The van der Waals surface area contributed by atoms with Crippen molar-refractivity contribution in [3.63, 3.8) is 0 Å². The summed E-state index contributed by atoms with van der Waals surface area (Å²) in [6, 6.07) is 7.59. The van der Waals surface area contributed by atoms with Gasteiger partial charge in [-0.2, -0.15) is 4.39 Å². The average Bonchev–Trinajstić information content (AvgIpc) is 3.34. The van der Waals surface area contributed by atoms with Gasteiger partial charge in [0.2, 0.25) is 5.91 Å². The highest BCUT2D eigenvalue weighted by atomic mass is 19.2. The van der Waals surface area contributed by atoms with Crippen molar-refractivity contribution in [3.05, 3.63) is 53.5 Å². The van der Waals surface area contributed by atoms with Crippen LogP contribution in [0.25, 0.3) is 10.9 Å². The minimum Gasteiger partial charge on any atom is -0.423 e. The van der Waals surface area contributed by atoms with Crippen LogP contribution in [0.1, 0.15) is 51.3 Å². The van der Waals surface area contributed by atoms with E-state index in [4.69, 9.17) is 9.47 Å². The smallest absolute Gasteiger partial charge is 0.404 e. The van der Waals surface area contributed by atoms with Gasteiger partial charge in [-0.25, -0.2) is 4.39 Å². The van der Waals surface area contributed by atoms with E-state index in [-0.39, 0.29) is 35.1 Å². The second kappa shape index (κ2) is 7.18. The summed E-state index contributed by atoms with van der Waals surface area (Å²) in [4.78, 5) is 16.4.